The Balaban J connectivity index is 2.25. The molecular weight excluding hydrogens is 288 g/mol. The summed E-state index contributed by atoms with van der Waals surface area (Å²) in [5.41, 5.74) is 2.77. The summed E-state index contributed by atoms with van der Waals surface area (Å²) in [6, 6.07) is 5.18. The van der Waals surface area contributed by atoms with E-state index in [1.54, 1.807) is 25.1 Å². The van der Waals surface area contributed by atoms with Crippen molar-refractivity contribution in [3.63, 3.8) is 0 Å². The molecule has 108 valence electrons. The first-order valence-electron chi connectivity index (χ1n) is 6.21. The van der Waals surface area contributed by atoms with Gasteiger partial charge in [0.1, 0.15) is 0 Å². The average molecular weight is 302 g/mol. The molecule has 0 aliphatic heterocycles. The molecular formula is C15H14N2O3S. The predicted molar refractivity (Wildman–Crippen MR) is 82.7 cm³/mol. The van der Waals surface area contributed by atoms with E-state index in [1.165, 1.54) is 17.4 Å². The molecule has 0 aliphatic rings. The highest BCUT2D eigenvalue weighted by atomic mass is 32.1. The summed E-state index contributed by atoms with van der Waals surface area (Å²) in [6.07, 6.45) is 2.52. The van der Waals surface area contributed by atoms with Gasteiger partial charge >= 0.3 is 5.97 Å². The van der Waals surface area contributed by atoms with E-state index in [-0.39, 0.29) is 5.91 Å². The van der Waals surface area contributed by atoms with Crippen LogP contribution in [0.25, 0.3) is 6.08 Å². The van der Waals surface area contributed by atoms with E-state index in [0.29, 0.717) is 16.3 Å². The number of rotatable bonds is 4. The molecule has 0 aliphatic carbocycles. The number of carboxylic acids is 1. The molecule has 1 aromatic heterocycles. The summed E-state index contributed by atoms with van der Waals surface area (Å²) in [7, 11) is 0. The van der Waals surface area contributed by atoms with Crippen molar-refractivity contribution in [2.24, 2.45) is 0 Å². The van der Waals surface area contributed by atoms with Gasteiger partial charge in [0.15, 0.2) is 5.13 Å². The maximum Gasteiger partial charge on any atom is 0.328 e. The highest BCUT2D eigenvalue weighted by Crippen LogP contribution is 2.19. The number of carbonyl (C=O) groups excluding carboxylic acids is 1. The van der Waals surface area contributed by atoms with Crippen LogP contribution in [0.15, 0.2) is 29.7 Å². The number of carbonyl (C=O) groups is 2. The Bertz CT molecular complexity index is 719. The second-order valence-electron chi connectivity index (χ2n) is 4.44. The van der Waals surface area contributed by atoms with Gasteiger partial charge in [0, 0.05) is 17.0 Å². The van der Waals surface area contributed by atoms with E-state index in [1.807, 2.05) is 12.3 Å². The van der Waals surface area contributed by atoms with Crippen LogP contribution in [-0.4, -0.2) is 22.0 Å². The minimum atomic E-state index is -1.03. The molecule has 0 spiro atoms. The van der Waals surface area contributed by atoms with Crippen LogP contribution in [0.3, 0.4) is 0 Å². The molecule has 2 N–H and O–H groups in total. The lowest BCUT2D eigenvalue weighted by molar-refractivity contribution is -0.131. The third kappa shape index (κ3) is 3.76. The topological polar surface area (TPSA) is 79.3 Å². The van der Waals surface area contributed by atoms with Crippen LogP contribution in [0.4, 0.5) is 5.13 Å². The van der Waals surface area contributed by atoms with Gasteiger partial charge in [-0.1, -0.05) is 12.1 Å². The van der Waals surface area contributed by atoms with Crippen LogP contribution < -0.4 is 5.32 Å². The summed E-state index contributed by atoms with van der Waals surface area (Å²) in [5, 5.41) is 13.8. The Morgan fingerprint density at radius 1 is 1.33 bits per heavy atom. The molecule has 0 bridgehead atoms. The Morgan fingerprint density at radius 3 is 2.71 bits per heavy atom. The first-order chi connectivity index (χ1) is 9.97. The second kappa shape index (κ2) is 6.32. The number of thiazole rings is 1. The maximum absolute atomic E-state index is 12.2. The van der Waals surface area contributed by atoms with Gasteiger partial charge in [-0.05, 0) is 37.1 Å². The van der Waals surface area contributed by atoms with Crippen molar-refractivity contribution < 1.29 is 14.7 Å². The van der Waals surface area contributed by atoms with Crippen LogP contribution in [0.1, 0.15) is 27.2 Å². The zero-order valence-electron chi connectivity index (χ0n) is 11.6. The Labute approximate surface area is 126 Å². The van der Waals surface area contributed by atoms with Gasteiger partial charge in [0.2, 0.25) is 0 Å². The van der Waals surface area contributed by atoms with Gasteiger partial charge in [-0.25, -0.2) is 9.78 Å². The number of nitrogens with zero attached hydrogens (tertiary/aromatic N) is 1. The summed E-state index contributed by atoms with van der Waals surface area (Å²) < 4.78 is 0. The van der Waals surface area contributed by atoms with E-state index < -0.39 is 5.97 Å². The van der Waals surface area contributed by atoms with Crippen LogP contribution >= 0.6 is 11.3 Å². The fourth-order valence-electron chi connectivity index (χ4n) is 1.82. The summed E-state index contributed by atoms with van der Waals surface area (Å²) in [6.45, 7) is 3.64. The molecule has 2 rings (SSSR count). The first-order valence-corrected chi connectivity index (χ1v) is 7.09. The van der Waals surface area contributed by atoms with Crippen LogP contribution in [0.5, 0.6) is 0 Å². The van der Waals surface area contributed by atoms with Gasteiger partial charge in [-0.15, -0.1) is 11.3 Å². The smallest absolute Gasteiger partial charge is 0.328 e. The van der Waals surface area contributed by atoms with Crippen LogP contribution in [0.2, 0.25) is 0 Å². The first kappa shape index (κ1) is 14.9. The number of aromatic nitrogens is 1. The third-order valence-corrected chi connectivity index (χ3v) is 3.74. The van der Waals surface area contributed by atoms with Crippen molar-refractivity contribution in [1.82, 2.24) is 4.98 Å². The summed E-state index contributed by atoms with van der Waals surface area (Å²) >= 11 is 1.36. The minimum absolute atomic E-state index is 0.257. The van der Waals surface area contributed by atoms with Crippen molar-refractivity contribution in [2.75, 3.05) is 5.32 Å². The molecule has 1 aromatic carbocycles. The fourth-order valence-corrected chi connectivity index (χ4v) is 2.50. The van der Waals surface area contributed by atoms with Gasteiger partial charge < -0.3 is 5.11 Å². The predicted octanol–water partition coefficient (Wildman–Crippen LogP) is 3.11. The van der Waals surface area contributed by atoms with Crippen molar-refractivity contribution in [3.8, 4) is 0 Å². The largest absolute Gasteiger partial charge is 0.478 e. The van der Waals surface area contributed by atoms with E-state index in [9.17, 15) is 9.59 Å². The van der Waals surface area contributed by atoms with E-state index >= 15 is 0 Å². The van der Waals surface area contributed by atoms with Gasteiger partial charge in [-0.3, -0.25) is 10.1 Å². The molecule has 21 heavy (non-hydrogen) atoms. The highest BCUT2D eigenvalue weighted by molar-refractivity contribution is 7.13. The zero-order chi connectivity index (χ0) is 15.4. The van der Waals surface area contributed by atoms with E-state index in [0.717, 1.165) is 17.3 Å². The van der Waals surface area contributed by atoms with Crippen molar-refractivity contribution in [3.05, 3.63) is 52.0 Å². The molecule has 0 atom stereocenters. The number of hydrogen-bond donors (Lipinski definition) is 2. The molecule has 2 aromatic rings. The average Bonchev–Trinajstić information content (AvgIpc) is 2.82. The lowest BCUT2D eigenvalue weighted by atomic mass is 10.0. The Hall–Kier alpha value is -2.47. The number of benzene rings is 1. The standard InChI is InChI=1S/C15H14N2O3S/c1-9-8-21-15(16-9)17-14(20)12-5-3-4-11(10(12)2)6-7-13(18)19/h3-8H,1-2H3,(H,18,19)(H,16,17,20). The molecule has 1 heterocycles. The lowest BCUT2D eigenvalue weighted by Gasteiger charge is -2.08. The molecule has 5 nitrogen and oxygen atoms in total. The van der Waals surface area contributed by atoms with Crippen LogP contribution in [0, 0.1) is 13.8 Å². The SMILES string of the molecule is Cc1csc(NC(=O)c2cccc(C=CC(=O)O)c2C)n1. The molecule has 0 radical (unpaired) electrons. The number of aliphatic carboxylic acids is 1. The molecule has 0 fully saturated rings. The molecule has 1 amide bonds. The van der Waals surface area contributed by atoms with Crippen LogP contribution in [-0.2, 0) is 4.79 Å². The number of aryl methyl sites for hydroxylation is 1. The number of hydrogen-bond acceptors (Lipinski definition) is 4. The van der Waals surface area contributed by atoms with Gasteiger partial charge in [0.25, 0.3) is 5.91 Å². The quantitative estimate of drug-likeness (QED) is 0.850. The third-order valence-electron chi connectivity index (χ3n) is 2.87. The Kier molecular flexibility index (Phi) is 4.49. The molecule has 0 saturated carbocycles. The number of amides is 1. The number of anilines is 1. The molecule has 0 unspecified atom stereocenters. The maximum atomic E-state index is 12.2. The summed E-state index contributed by atoms with van der Waals surface area (Å²) in [4.78, 5) is 27.0. The Morgan fingerprint density at radius 2 is 2.10 bits per heavy atom. The van der Waals surface area contributed by atoms with E-state index in [4.69, 9.17) is 5.11 Å². The number of nitrogens with one attached hydrogen (secondary N) is 1. The van der Waals surface area contributed by atoms with Gasteiger partial charge in [-0.2, -0.15) is 0 Å². The lowest BCUT2D eigenvalue weighted by Crippen LogP contribution is -2.13. The molecule has 6 heteroatoms. The summed E-state index contributed by atoms with van der Waals surface area (Å²) in [5.74, 6) is -1.28. The van der Waals surface area contributed by atoms with Crippen molar-refractivity contribution in [2.45, 2.75) is 13.8 Å². The minimum Gasteiger partial charge on any atom is -0.478 e. The van der Waals surface area contributed by atoms with Crippen molar-refractivity contribution in [1.29, 1.82) is 0 Å². The van der Waals surface area contributed by atoms with Crippen molar-refractivity contribution >= 4 is 34.4 Å². The van der Waals surface area contributed by atoms with E-state index in [2.05, 4.69) is 10.3 Å². The van der Waals surface area contributed by atoms with Gasteiger partial charge in [0.05, 0.1) is 5.69 Å². The zero-order valence-corrected chi connectivity index (χ0v) is 12.4. The molecule has 0 saturated heterocycles. The second-order valence-corrected chi connectivity index (χ2v) is 5.30. The normalized spacial score (nSPS) is 10.8. The fraction of sp³-hybridized carbons (Fsp3) is 0.133. The highest BCUT2D eigenvalue weighted by Gasteiger charge is 2.12. The number of carboxylic acid groups (broad SMARTS) is 1. The monoisotopic (exact) mass is 302 g/mol.